The topological polar surface area (TPSA) is 41.5 Å². The SMILES string of the molecule is OC(CNC1CC1)COc1cc(F)cc(F)c1. The summed E-state index contributed by atoms with van der Waals surface area (Å²) in [6, 6.07) is 3.46. The van der Waals surface area contributed by atoms with Crippen molar-refractivity contribution in [3.05, 3.63) is 29.8 Å². The second kappa shape index (κ2) is 5.42. The van der Waals surface area contributed by atoms with E-state index in [2.05, 4.69) is 5.32 Å². The van der Waals surface area contributed by atoms with Gasteiger partial charge in [0.05, 0.1) is 0 Å². The van der Waals surface area contributed by atoms with Crippen LogP contribution in [0.25, 0.3) is 0 Å². The van der Waals surface area contributed by atoms with Crippen molar-refractivity contribution in [2.45, 2.75) is 25.0 Å². The van der Waals surface area contributed by atoms with Crippen LogP contribution in [0.4, 0.5) is 8.78 Å². The van der Waals surface area contributed by atoms with Crippen molar-refractivity contribution in [3.63, 3.8) is 0 Å². The maximum Gasteiger partial charge on any atom is 0.129 e. The van der Waals surface area contributed by atoms with E-state index >= 15 is 0 Å². The predicted molar refractivity (Wildman–Crippen MR) is 58.9 cm³/mol. The zero-order valence-electron chi connectivity index (χ0n) is 9.33. The number of aliphatic hydroxyl groups excluding tert-OH is 1. The Kier molecular flexibility index (Phi) is 3.91. The van der Waals surface area contributed by atoms with Gasteiger partial charge in [-0.05, 0) is 12.8 Å². The summed E-state index contributed by atoms with van der Waals surface area (Å²) in [4.78, 5) is 0. The zero-order chi connectivity index (χ0) is 12.3. The number of benzene rings is 1. The Balaban J connectivity index is 1.75. The minimum Gasteiger partial charge on any atom is -0.491 e. The molecular formula is C12H15F2NO2. The number of rotatable bonds is 6. The molecule has 0 heterocycles. The summed E-state index contributed by atoms with van der Waals surface area (Å²) in [6.45, 7) is 0.449. The van der Waals surface area contributed by atoms with Gasteiger partial charge in [0.15, 0.2) is 0 Å². The van der Waals surface area contributed by atoms with E-state index in [1.165, 1.54) is 0 Å². The van der Waals surface area contributed by atoms with Crippen molar-refractivity contribution in [2.75, 3.05) is 13.2 Å². The van der Waals surface area contributed by atoms with Crippen LogP contribution in [0.2, 0.25) is 0 Å². The summed E-state index contributed by atoms with van der Waals surface area (Å²) in [5, 5.41) is 12.7. The van der Waals surface area contributed by atoms with E-state index in [1.54, 1.807) is 0 Å². The van der Waals surface area contributed by atoms with Crippen LogP contribution in [0.1, 0.15) is 12.8 Å². The molecule has 5 heteroatoms. The zero-order valence-corrected chi connectivity index (χ0v) is 9.33. The van der Waals surface area contributed by atoms with Gasteiger partial charge < -0.3 is 15.2 Å². The van der Waals surface area contributed by atoms with Crippen molar-refractivity contribution >= 4 is 0 Å². The second-order valence-electron chi connectivity index (χ2n) is 4.25. The highest BCUT2D eigenvalue weighted by Crippen LogP contribution is 2.18. The first-order valence-electron chi connectivity index (χ1n) is 5.64. The van der Waals surface area contributed by atoms with E-state index in [0.29, 0.717) is 12.6 Å². The van der Waals surface area contributed by atoms with Gasteiger partial charge in [-0.3, -0.25) is 0 Å². The summed E-state index contributed by atoms with van der Waals surface area (Å²) in [5.74, 6) is -1.29. The average molecular weight is 243 g/mol. The highest BCUT2D eigenvalue weighted by Gasteiger charge is 2.21. The lowest BCUT2D eigenvalue weighted by atomic mass is 10.3. The monoisotopic (exact) mass is 243 g/mol. The van der Waals surface area contributed by atoms with Crippen molar-refractivity contribution in [1.82, 2.24) is 5.32 Å². The van der Waals surface area contributed by atoms with Gasteiger partial charge in [-0.15, -0.1) is 0 Å². The van der Waals surface area contributed by atoms with Crippen LogP contribution in [0.5, 0.6) is 5.75 Å². The average Bonchev–Trinajstić information content (AvgIpc) is 3.06. The highest BCUT2D eigenvalue weighted by molar-refractivity contribution is 5.23. The van der Waals surface area contributed by atoms with Gasteiger partial charge in [0.1, 0.15) is 30.1 Å². The lowest BCUT2D eigenvalue weighted by molar-refractivity contribution is 0.106. The van der Waals surface area contributed by atoms with Crippen molar-refractivity contribution in [1.29, 1.82) is 0 Å². The maximum absolute atomic E-state index is 12.8. The van der Waals surface area contributed by atoms with E-state index in [0.717, 1.165) is 31.0 Å². The molecule has 0 spiro atoms. The molecular weight excluding hydrogens is 228 g/mol. The Morgan fingerprint density at radius 3 is 2.53 bits per heavy atom. The van der Waals surface area contributed by atoms with E-state index < -0.39 is 17.7 Å². The van der Waals surface area contributed by atoms with Crippen LogP contribution in [0, 0.1) is 11.6 Å². The molecule has 1 aliphatic rings. The molecule has 2 rings (SSSR count). The number of ether oxygens (including phenoxy) is 1. The first-order chi connectivity index (χ1) is 8.13. The molecule has 1 atom stereocenters. The third kappa shape index (κ3) is 4.28. The standard InChI is InChI=1S/C12H15F2NO2/c13-8-3-9(14)5-12(4-8)17-7-11(16)6-15-10-1-2-10/h3-5,10-11,15-16H,1-2,6-7H2. The number of hydrogen-bond donors (Lipinski definition) is 2. The van der Waals surface area contributed by atoms with Gasteiger partial charge in [-0.2, -0.15) is 0 Å². The van der Waals surface area contributed by atoms with Gasteiger partial charge in [-0.25, -0.2) is 8.78 Å². The van der Waals surface area contributed by atoms with E-state index in [4.69, 9.17) is 4.74 Å². The molecule has 2 N–H and O–H groups in total. The van der Waals surface area contributed by atoms with Gasteiger partial charge in [0.2, 0.25) is 0 Å². The third-order valence-corrected chi connectivity index (χ3v) is 2.50. The minimum absolute atomic E-state index is 0.0165. The maximum atomic E-state index is 12.8. The largest absolute Gasteiger partial charge is 0.491 e. The Labute approximate surface area is 98.4 Å². The van der Waals surface area contributed by atoms with E-state index in [9.17, 15) is 13.9 Å². The quantitative estimate of drug-likeness (QED) is 0.794. The fourth-order valence-electron chi connectivity index (χ4n) is 1.45. The lowest BCUT2D eigenvalue weighted by Crippen LogP contribution is -2.32. The third-order valence-electron chi connectivity index (χ3n) is 2.50. The molecule has 0 aromatic heterocycles. The molecule has 1 aliphatic carbocycles. The summed E-state index contributed by atoms with van der Waals surface area (Å²) >= 11 is 0. The van der Waals surface area contributed by atoms with E-state index in [1.807, 2.05) is 0 Å². The van der Waals surface area contributed by atoms with Gasteiger partial charge in [0, 0.05) is 30.8 Å². The smallest absolute Gasteiger partial charge is 0.129 e. The van der Waals surface area contributed by atoms with Crippen LogP contribution in [-0.4, -0.2) is 30.4 Å². The Bertz CT molecular complexity index is 363. The predicted octanol–water partition coefficient (Wildman–Crippen LogP) is 1.46. The molecule has 0 amide bonds. The summed E-state index contributed by atoms with van der Waals surface area (Å²) in [7, 11) is 0. The fraction of sp³-hybridized carbons (Fsp3) is 0.500. The molecule has 1 fully saturated rings. The molecule has 0 radical (unpaired) electrons. The molecule has 17 heavy (non-hydrogen) atoms. The van der Waals surface area contributed by atoms with Crippen LogP contribution in [0.15, 0.2) is 18.2 Å². The van der Waals surface area contributed by atoms with Gasteiger partial charge in [0.25, 0.3) is 0 Å². The van der Waals surface area contributed by atoms with Crippen LogP contribution >= 0.6 is 0 Å². The molecule has 1 saturated carbocycles. The normalized spacial score (nSPS) is 16.9. The molecule has 1 aromatic rings. The van der Waals surface area contributed by atoms with Crippen molar-refractivity contribution < 1.29 is 18.6 Å². The molecule has 3 nitrogen and oxygen atoms in total. The first kappa shape index (κ1) is 12.3. The Morgan fingerprint density at radius 2 is 1.94 bits per heavy atom. The van der Waals surface area contributed by atoms with Gasteiger partial charge in [-0.1, -0.05) is 0 Å². The number of aliphatic hydroxyl groups is 1. The summed E-state index contributed by atoms with van der Waals surface area (Å²) in [5.41, 5.74) is 0. The van der Waals surface area contributed by atoms with Crippen molar-refractivity contribution in [2.24, 2.45) is 0 Å². The number of halogens is 2. The molecule has 0 bridgehead atoms. The minimum atomic E-state index is -0.689. The fourth-order valence-corrected chi connectivity index (χ4v) is 1.45. The highest BCUT2D eigenvalue weighted by atomic mass is 19.1. The molecule has 94 valence electrons. The van der Waals surface area contributed by atoms with Crippen LogP contribution < -0.4 is 10.1 Å². The second-order valence-corrected chi connectivity index (χ2v) is 4.25. The number of hydrogen-bond acceptors (Lipinski definition) is 3. The van der Waals surface area contributed by atoms with Crippen LogP contribution in [-0.2, 0) is 0 Å². The molecule has 0 aliphatic heterocycles. The summed E-state index contributed by atoms with van der Waals surface area (Å²) in [6.07, 6.45) is 1.60. The Hall–Kier alpha value is -1.20. The first-order valence-corrected chi connectivity index (χ1v) is 5.64. The van der Waals surface area contributed by atoms with E-state index in [-0.39, 0.29) is 12.4 Å². The van der Waals surface area contributed by atoms with Crippen LogP contribution in [0.3, 0.4) is 0 Å². The molecule has 0 saturated heterocycles. The van der Waals surface area contributed by atoms with Crippen molar-refractivity contribution in [3.8, 4) is 5.75 Å². The lowest BCUT2D eigenvalue weighted by Gasteiger charge is -2.13. The van der Waals surface area contributed by atoms with Gasteiger partial charge >= 0.3 is 0 Å². The molecule has 1 aromatic carbocycles. The number of nitrogens with one attached hydrogen (secondary N) is 1. The molecule has 1 unspecified atom stereocenters. The Morgan fingerprint density at radius 1 is 1.29 bits per heavy atom. The summed E-state index contributed by atoms with van der Waals surface area (Å²) < 4.78 is 30.8.